The van der Waals surface area contributed by atoms with Crippen LogP contribution < -0.4 is 11.1 Å². The van der Waals surface area contributed by atoms with Crippen LogP contribution in [-0.4, -0.2) is 4.98 Å². The average Bonchev–Trinajstić information content (AvgIpc) is 2.24. The Labute approximate surface area is 101 Å². The average molecular weight is 282 g/mol. The van der Waals surface area contributed by atoms with Gasteiger partial charge < -0.3 is 11.1 Å². The minimum Gasteiger partial charge on any atom is -0.397 e. The zero-order valence-corrected chi connectivity index (χ0v) is 9.83. The number of nitrogen functional groups attached to an aromatic ring is 1. The number of pyridine rings is 1. The van der Waals surface area contributed by atoms with Gasteiger partial charge in [-0.3, -0.25) is 4.98 Å². The van der Waals surface area contributed by atoms with Crippen molar-refractivity contribution in [2.45, 2.75) is 0 Å². The number of nitrogens with two attached hydrogens (primary N) is 1. The molecule has 1 heterocycles. The van der Waals surface area contributed by atoms with E-state index >= 15 is 0 Å². The third kappa shape index (κ3) is 2.49. The third-order valence-electron chi connectivity index (χ3n) is 1.97. The first kappa shape index (κ1) is 10.9. The van der Waals surface area contributed by atoms with Gasteiger partial charge in [0.2, 0.25) is 0 Å². The van der Waals surface area contributed by atoms with Crippen LogP contribution in [0, 0.1) is 5.82 Å². The zero-order valence-electron chi connectivity index (χ0n) is 8.24. The van der Waals surface area contributed by atoms with Crippen LogP contribution in [0.2, 0.25) is 0 Å². The summed E-state index contributed by atoms with van der Waals surface area (Å²) < 4.78 is 13.4. The SMILES string of the molecule is Nc1cncc(Nc2ccc(F)c(Br)c2)c1. The number of rotatable bonds is 2. The fourth-order valence-corrected chi connectivity index (χ4v) is 1.65. The number of benzene rings is 1. The fourth-order valence-electron chi connectivity index (χ4n) is 1.27. The number of aromatic nitrogens is 1. The lowest BCUT2D eigenvalue weighted by Crippen LogP contribution is -1.94. The summed E-state index contributed by atoms with van der Waals surface area (Å²) in [5, 5.41) is 3.07. The molecule has 0 amide bonds. The summed E-state index contributed by atoms with van der Waals surface area (Å²) in [5.74, 6) is -0.295. The third-order valence-corrected chi connectivity index (χ3v) is 2.58. The van der Waals surface area contributed by atoms with E-state index in [9.17, 15) is 4.39 Å². The highest BCUT2D eigenvalue weighted by Gasteiger charge is 2.01. The van der Waals surface area contributed by atoms with Crippen molar-refractivity contribution in [3.05, 3.63) is 46.9 Å². The van der Waals surface area contributed by atoms with Crippen molar-refractivity contribution in [3.8, 4) is 0 Å². The van der Waals surface area contributed by atoms with Crippen molar-refractivity contribution < 1.29 is 4.39 Å². The molecule has 0 unspecified atom stereocenters. The maximum Gasteiger partial charge on any atom is 0.137 e. The van der Waals surface area contributed by atoms with Crippen LogP contribution in [0.15, 0.2) is 41.1 Å². The fraction of sp³-hybridized carbons (Fsp3) is 0. The Kier molecular flexibility index (Phi) is 3.05. The number of halogens is 2. The minimum atomic E-state index is -0.295. The van der Waals surface area contributed by atoms with Gasteiger partial charge in [0.1, 0.15) is 5.82 Å². The van der Waals surface area contributed by atoms with Crippen molar-refractivity contribution >= 4 is 33.0 Å². The molecular weight excluding hydrogens is 273 g/mol. The normalized spacial score (nSPS) is 10.1. The van der Waals surface area contributed by atoms with Crippen LogP contribution in [0.4, 0.5) is 21.5 Å². The molecule has 3 nitrogen and oxygen atoms in total. The molecule has 3 N–H and O–H groups in total. The predicted octanol–water partition coefficient (Wildman–Crippen LogP) is 3.31. The molecule has 0 radical (unpaired) electrons. The Balaban J connectivity index is 2.24. The zero-order chi connectivity index (χ0) is 11.5. The number of hydrogen-bond donors (Lipinski definition) is 2. The number of hydrogen-bond acceptors (Lipinski definition) is 3. The van der Waals surface area contributed by atoms with E-state index in [1.807, 2.05) is 0 Å². The van der Waals surface area contributed by atoms with E-state index in [0.29, 0.717) is 10.2 Å². The van der Waals surface area contributed by atoms with Gasteiger partial charge in [0.05, 0.1) is 22.0 Å². The standard InChI is InChI=1S/C11H9BrFN3/c12-10-4-8(1-2-11(10)13)16-9-3-7(14)5-15-6-9/h1-6,16H,14H2. The van der Waals surface area contributed by atoms with Gasteiger partial charge in [-0.2, -0.15) is 0 Å². The molecule has 1 aromatic heterocycles. The first-order chi connectivity index (χ1) is 7.65. The largest absolute Gasteiger partial charge is 0.397 e. The molecule has 0 bridgehead atoms. The van der Waals surface area contributed by atoms with Gasteiger partial charge in [-0.15, -0.1) is 0 Å². The number of nitrogens with one attached hydrogen (secondary N) is 1. The van der Waals surface area contributed by atoms with Gasteiger partial charge >= 0.3 is 0 Å². The molecule has 82 valence electrons. The van der Waals surface area contributed by atoms with Gasteiger partial charge in [-0.25, -0.2) is 4.39 Å². The summed E-state index contributed by atoms with van der Waals surface area (Å²) in [7, 11) is 0. The molecule has 0 saturated carbocycles. The van der Waals surface area contributed by atoms with E-state index in [4.69, 9.17) is 5.73 Å². The lowest BCUT2D eigenvalue weighted by Gasteiger charge is -2.07. The smallest absolute Gasteiger partial charge is 0.137 e. The number of nitrogens with zero attached hydrogens (tertiary/aromatic N) is 1. The molecule has 2 rings (SSSR count). The summed E-state index contributed by atoms with van der Waals surface area (Å²) in [6.45, 7) is 0. The van der Waals surface area contributed by atoms with Crippen molar-refractivity contribution in [1.29, 1.82) is 0 Å². The summed E-state index contributed by atoms with van der Waals surface area (Å²) in [4.78, 5) is 3.95. The van der Waals surface area contributed by atoms with Gasteiger partial charge in [0.25, 0.3) is 0 Å². The second kappa shape index (κ2) is 4.49. The van der Waals surface area contributed by atoms with Crippen LogP contribution in [0.25, 0.3) is 0 Å². The van der Waals surface area contributed by atoms with E-state index in [1.165, 1.54) is 6.07 Å². The molecule has 1 aromatic carbocycles. The van der Waals surface area contributed by atoms with Gasteiger partial charge in [-0.05, 0) is 40.2 Å². The molecule has 0 aliphatic heterocycles. The first-order valence-electron chi connectivity index (χ1n) is 4.58. The number of anilines is 3. The summed E-state index contributed by atoms with van der Waals surface area (Å²) in [6, 6.07) is 6.43. The van der Waals surface area contributed by atoms with Gasteiger partial charge in [0, 0.05) is 11.9 Å². The lowest BCUT2D eigenvalue weighted by atomic mass is 10.3. The van der Waals surface area contributed by atoms with E-state index < -0.39 is 0 Å². The molecule has 0 aliphatic rings. The quantitative estimate of drug-likeness (QED) is 0.888. The molecule has 0 saturated heterocycles. The Hall–Kier alpha value is -1.62. The summed E-state index contributed by atoms with van der Waals surface area (Å²) in [6.07, 6.45) is 3.21. The van der Waals surface area contributed by atoms with E-state index in [0.717, 1.165) is 11.4 Å². The summed E-state index contributed by atoms with van der Waals surface area (Å²) >= 11 is 3.12. The molecule has 0 aliphatic carbocycles. The van der Waals surface area contributed by atoms with Crippen molar-refractivity contribution in [1.82, 2.24) is 4.98 Å². The van der Waals surface area contributed by atoms with E-state index in [1.54, 1.807) is 30.6 Å². The molecular formula is C11H9BrFN3. The molecule has 5 heteroatoms. The van der Waals surface area contributed by atoms with Crippen molar-refractivity contribution in [3.63, 3.8) is 0 Å². The van der Waals surface area contributed by atoms with Crippen LogP contribution in [0.1, 0.15) is 0 Å². The molecule has 0 spiro atoms. The van der Waals surface area contributed by atoms with E-state index in [2.05, 4.69) is 26.2 Å². The van der Waals surface area contributed by atoms with Crippen LogP contribution >= 0.6 is 15.9 Å². The van der Waals surface area contributed by atoms with Crippen molar-refractivity contribution in [2.75, 3.05) is 11.1 Å². The Bertz CT molecular complexity index is 516. The highest BCUT2D eigenvalue weighted by molar-refractivity contribution is 9.10. The van der Waals surface area contributed by atoms with E-state index in [-0.39, 0.29) is 5.82 Å². The maximum absolute atomic E-state index is 13.0. The monoisotopic (exact) mass is 281 g/mol. The molecule has 0 atom stereocenters. The maximum atomic E-state index is 13.0. The van der Waals surface area contributed by atoms with Crippen molar-refractivity contribution in [2.24, 2.45) is 0 Å². The Morgan fingerprint density at radius 3 is 2.69 bits per heavy atom. The highest BCUT2D eigenvalue weighted by atomic mass is 79.9. The molecule has 2 aromatic rings. The lowest BCUT2D eigenvalue weighted by molar-refractivity contribution is 0.621. The molecule has 16 heavy (non-hydrogen) atoms. The van der Waals surface area contributed by atoms with Crippen LogP contribution in [0.5, 0.6) is 0 Å². The van der Waals surface area contributed by atoms with Crippen LogP contribution in [-0.2, 0) is 0 Å². The topological polar surface area (TPSA) is 50.9 Å². The van der Waals surface area contributed by atoms with Gasteiger partial charge in [0.15, 0.2) is 0 Å². The second-order valence-corrected chi connectivity index (χ2v) is 4.12. The predicted molar refractivity (Wildman–Crippen MR) is 66.0 cm³/mol. The highest BCUT2D eigenvalue weighted by Crippen LogP contribution is 2.23. The van der Waals surface area contributed by atoms with Gasteiger partial charge in [-0.1, -0.05) is 0 Å². The van der Waals surface area contributed by atoms with Crippen LogP contribution in [0.3, 0.4) is 0 Å². The Morgan fingerprint density at radius 1 is 1.19 bits per heavy atom. The first-order valence-corrected chi connectivity index (χ1v) is 5.37. The second-order valence-electron chi connectivity index (χ2n) is 3.26. The molecule has 0 fully saturated rings. The Morgan fingerprint density at radius 2 is 2.00 bits per heavy atom. The minimum absolute atomic E-state index is 0.295. The summed E-state index contributed by atoms with van der Waals surface area (Å²) in [5.41, 5.74) is 7.70.